The molecule has 122 valence electrons. The summed E-state index contributed by atoms with van der Waals surface area (Å²) < 4.78 is 5.28. The number of halogens is 1. The van der Waals surface area contributed by atoms with E-state index >= 15 is 0 Å². The minimum absolute atomic E-state index is 0.0180. The molecule has 0 saturated carbocycles. The van der Waals surface area contributed by atoms with Crippen LogP contribution in [0.4, 0.5) is 5.69 Å². The molecule has 1 aromatic carbocycles. The van der Waals surface area contributed by atoms with E-state index in [2.05, 4.69) is 15.6 Å². The molecule has 0 radical (unpaired) electrons. The lowest BCUT2D eigenvalue weighted by molar-refractivity contribution is -0.125. The number of carbonyl (C=O) groups excluding carboxylic acids is 2. The van der Waals surface area contributed by atoms with Crippen LogP contribution in [0.15, 0.2) is 29.3 Å². The second-order valence-electron chi connectivity index (χ2n) is 5.29. The molecular weight excluding hydrogens is 320 g/mol. The van der Waals surface area contributed by atoms with Crippen LogP contribution in [-0.2, 0) is 14.3 Å². The van der Waals surface area contributed by atoms with Gasteiger partial charge in [-0.1, -0.05) is 23.7 Å². The molecule has 7 nitrogen and oxygen atoms in total. The maximum atomic E-state index is 12.4. The third-order valence-corrected chi connectivity index (χ3v) is 3.98. The van der Waals surface area contributed by atoms with E-state index in [1.165, 1.54) is 0 Å². The van der Waals surface area contributed by atoms with Crippen LogP contribution in [-0.4, -0.2) is 55.0 Å². The summed E-state index contributed by atoms with van der Waals surface area (Å²) in [6.07, 6.45) is 0.0180. The molecule has 1 fully saturated rings. The number of hydrogen-bond donors (Lipinski definition) is 2. The van der Waals surface area contributed by atoms with Crippen LogP contribution in [0, 0.1) is 0 Å². The predicted molar refractivity (Wildman–Crippen MR) is 86.5 cm³/mol. The molecule has 1 aromatic rings. The van der Waals surface area contributed by atoms with Crippen LogP contribution in [0.2, 0.25) is 5.02 Å². The molecule has 2 heterocycles. The summed E-state index contributed by atoms with van der Waals surface area (Å²) in [6, 6.07) is 6.18. The fraction of sp³-hybridized carbons (Fsp3) is 0.400. The average molecular weight is 337 g/mol. The highest BCUT2D eigenvalue weighted by molar-refractivity contribution is 6.33. The highest BCUT2D eigenvalue weighted by Gasteiger charge is 2.30. The van der Waals surface area contributed by atoms with Crippen molar-refractivity contribution >= 4 is 35.1 Å². The van der Waals surface area contributed by atoms with Gasteiger partial charge in [0.2, 0.25) is 17.8 Å². The van der Waals surface area contributed by atoms with Crippen molar-refractivity contribution in [3.8, 4) is 0 Å². The first-order valence-electron chi connectivity index (χ1n) is 7.39. The summed E-state index contributed by atoms with van der Waals surface area (Å²) in [4.78, 5) is 30.6. The van der Waals surface area contributed by atoms with Crippen molar-refractivity contribution in [3.05, 3.63) is 29.3 Å². The van der Waals surface area contributed by atoms with Crippen molar-refractivity contribution in [2.45, 2.75) is 12.5 Å². The van der Waals surface area contributed by atoms with Gasteiger partial charge in [0.15, 0.2) is 0 Å². The van der Waals surface area contributed by atoms with Gasteiger partial charge in [-0.05, 0) is 12.1 Å². The number of ether oxygens (including phenoxy) is 1. The molecule has 1 atom stereocenters. The Morgan fingerprint density at radius 2 is 2.09 bits per heavy atom. The van der Waals surface area contributed by atoms with E-state index in [0.29, 0.717) is 43.0 Å². The van der Waals surface area contributed by atoms with Gasteiger partial charge in [0.05, 0.1) is 30.3 Å². The summed E-state index contributed by atoms with van der Waals surface area (Å²) in [6.45, 7) is 2.42. The van der Waals surface area contributed by atoms with E-state index in [9.17, 15) is 9.59 Å². The zero-order chi connectivity index (χ0) is 16.2. The number of morpholine rings is 1. The number of benzene rings is 1. The van der Waals surface area contributed by atoms with E-state index in [0.717, 1.165) is 0 Å². The van der Waals surface area contributed by atoms with Crippen molar-refractivity contribution in [2.75, 3.05) is 31.6 Å². The second kappa shape index (κ2) is 6.97. The van der Waals surface area contributed by atoms with E-state index in [-0.39, 0.29) is 18.2 Å². The van der Waals surface area contributed by atoms with E-state index < -0.39 is 6.04 Å². The summed E-state index contributed by atoms with van der Waals surface area (Å²) in [5.41, 5.74) is 0.508. The zero-order valence-corrected chi connectivity index (χ0v) is 13.2. The third-order valence-electron chi connectivity index (χ3n) is 3.65. The number of guanidine groups is 1. The van der Waals surface area contributed by atoms with Crippen LogP contribution < -0.4 is 10.6 Å². The predicted octanol–water partition coefficient (Wildman–Crippen LogP) is 0.855. The van der Waals surface area contributed by atoms with Gasteiger partial charge >= 0.3 is 0 Å². The minimum Gasteiger partial charge on any atom is -0.378 e. The smallest absolute Gasteiger partial charge is 0.249 e. The second-order valence-corrected chi connectivity index (χ2v) is 5.70. The lowest BCUT2D eigenvalue weighted by atomic mass is 10.1. The first-order chi connectivity index (χ1) is 11.1. The quantitative estimate of drug-likeness (QED) is 0.839. The Kier molecular flexibility index (Phi) is 4.78. The number of nitrogens with zero attached hydrogens (tertiary/aromatic N) is 2. The van der Waals surface area contributed by atoms with Gasteiger partial charge < -0.3 is 15.0 Å². The van der Waals surface area contributed by atoms with Crippen molar-refractivity contribution in [2.24, 2.45) is 4.99 Å². The molecule has 2 N–H and O–H groups in total. The average Bonchev–Trinajstić information content (AvgIpc) is 2.57. The standard InChI is InChI=1S/C15H17ClN4O3/c16-10-3-1-2-4-11(10)17-14(22)12-9-13(21)19-15(18-12)20-5-7-23-8-6-20/h1-4,12H,5-9H2,(H,17,22)(H,18,19,21). The fourth-order valence-electron chi connectivity index (χ4n) is 2.44. The molecule has 23 heavy (non-hydrogen) atoms. The van der Waals surface area contributed by atoms with Crippen LogP contribution in [0.1, 0.15) is 6.42 Å². The molecular formula is C15H17ClN4O3. The number of aliphatic imine (C=N–C) groups is 1. The summed E-state index contributed by atoms with van der Waals surface area (Å²) >= 11 is 6.03. The van der Waals surface area contributed by atoms with Gasteiger partial charge in [-0.2, -0.15) is 0 Å². The molecule has 8 heteroatoms. The van der Waals surface area contributed by atoms with E-state index in [1.54, 1.807) is 24.3 Å². The van der Waals surface area contributed by atoms with Crippen LogP contribution in [0.25, 0.3) is 0 Å². The van der Waals surface area contributed by atoms with Crippen LogP contribution in [0.3, 0.4) is 0 Å². The van der Waals surface area contributed by atoms with Gasteiger partial charge in [0, 0.05) is 13.1 Å². The van der Waals surface area contributed by atoms with Crippen molar-refractivity contribution < 1.29 is 14.3 Å². The normalized spacial score (nSPS) is 21.4. The molecule has 2 aliphatic heterocycles. The van der Waals surface area contributed by atoms with E-state index in [1.807, 2.05) is 4.90 Å². The van der Waals surface area contributed by atoms with E-state index in [4.69, 9.17) is 16.3 Å². The largest absolute Gasteiger partial charge is 0.378 e. The Morgan fingerprint density at radius 3 is 2.83 bits per heavy atom. The minimum atomic E-state index is -0.766. The van der Waals surface area contributed by atoms with Crippen molar-refractivity contribution in [1.82, 2.24) is 10.2 Å². The molecule has 1 unspecified atom stereocenters. The Balaban J connectivity index is 1.73. The van der Waals surface area contributed by atoms with Gasteiger partial charge in [0.1, 0.15) is 6.04 Å². The number of anilines is 1. The molecule has 3 rings (SSSR count). The Bertz CT molecular complexity index is 643. The highest BCUT2D eigenvalue weighted by atomic mass is 35.5. The summed E-state index contributed by atoms with van der Waals surface area (Å²) in [7, 11) is 0. The Morgan fingerprint density at radius 1 is 1.35 bits per heavy atom. The molecule has 1 saturated heterocycles. The maximum absolute atomic E-state index is 12.4. The molecule has 0 spiro atoms. The number of carbonyl (C=O) groups is 2. The van der Waals surface area contributed by atoms with Gasteiger partial charge in [-0.3, -0.25) is 14.9 Å². The maximum Gasteiger partial charge on any atom is 0.249 e. The fourth-order valence-corrected chi connectivity index (χ4v) is 2.63. The van der Waals surface area contributed by atoms with Crippen molar-refractivity contribution in [1.29, 1.82) is 0 Å². The molecule has 0 bridgehead atoms. The zero-order valence-electron chi connectivity index (χ0n) is 12.4. The molecule has 0 aromatic heterocycles. The number of amides is 2. The van der Waals surface area contributed by atoms with Gasteiger partial charge in [-0.25, -0.2) is 4.99 Å². The Labute approximate surface area is 138 Å². The number of para-hydroxylation sites is 1. The Hall–Kier alpha value is -2.12. The lowest BCUT2D eigenvalue weighted by Crippen LogP contribution is -2.53. The van der Waals surface area contributed by atoms with Gasteiger partial charge in [0.25, 0.3) is 0 Å². The molecule has 2 amide bonds. The monoisotopic (exact) mass is 336 g/mol. The first-order valence-corrected chi connectivity index (χ1v) is 7.77. The summed E-state index contributed by atoms with van der Waals surface area (Å²) in [5.74, 6) is -0.136. The SMILES string of the molecule is O=C1CC(C(=O)Nc2ccccc2Cl)N=C(N2CCOCC2)N1. The lowest BCUT2D eigenvalue weighted by Gasteiger charge is -2.32. The highest BCUT2D eigenvalue weighted by Crippen LogP contribution is 2.21. The number of hydrogen-bond acceptors (Lipinski definition) is 5. The molecule has 0 aliphatic carbocycles. The topological polar surface area (TPSA) is 83.0 Å². The van der Waals surface area contributed by atoms with Crippen LogP contribution >= 0.6 is 11.6 Å². The van der Waals surface area contributed by atoms with Crippen molar-refractivity contribution in [3.63, 3.8) is 0 Å². The number of rotatable bonds is 2. The summed E-state index contributed by atoms with van der Waals surface area (Å²) in [5, 5.41) is 5.89. The third kappa shape index (κ3) is 3.80. The van der Waals surface area contributed by atoms with Crippen LogP contribution in [0.5, 0.6) is 0 Å². The van der Waals surface area contributed by atoms with Gasteiger partial charge in [-0.15, -0.1) is 0 Å². The number of nitrogens with one attached hydrogen (secondary N) is 2. The first kappa shape index (κ1) is 15.8. The molecule has 2 aliphatic rings.